The first-order valence-corrected chi connectivity index (χ1v) is 6.69. The zero-order valence-corrected chi connectivity index (χ0v) is 12.1. The molecule has 0 aliphatic carbocycles. The smallest absolute Gasteiger partial charge is 0.119 e. The van der Waals surface area contributed by atoms with Crippen molar-refractivity contribution < 1.29 is 4.74 Å². The molecule has 2 aromatic rings. The van der Waals surface area contributed by atoms with Crippen molar-refractivity contribution in [2.75, 3.05) is 7.11 Å². The van der Waals surface area contributed by atoms with Crippen molar-refractivity contribution in [1.82, 2.24) is 0 Å². The van der Waals surface area contributed by atoms with Crippen LogP contribution >= 0.6 is 23.2 Å². The molecule has 0 radical (unpaired) electrons. The molecule has 2 rings (SSSR count). The summed E-state index contributed by atoms with van der Waals surface area (Å²) < 4.78 is 5.20. The summed E-state index contributed by atoms with van der Waals surface area (Å²) in [5.74, 6) is 0.826. The molecule has 0 aromatic heterocycles. The Morgan fingerprint density at radius 2 is 1.95 bits per heavy atom. The number of nitrogens with two attached hydrogens (primary N) is 1. The highest BCUT2D eigenvalue weighted by Gasteiger charge is 2.11. The van der Waals surface area contributed by atoms with E-state index in [9.17, 15) is 0 Å². The lowest BCUT2D eigenvalue weighted by atomic mass is 9.99. The number of hydrogen-bond donors (Lipinski definition) is 1. The zero-order chi connectivity index (χ0) is 13.8. The summed E-state index contributed by atoms with van der Waals surface area (Å²) in [6.07, 6.45) is 0.693. The average molecular weight is 296 g/mol. The highest BCUT2D eigenvalue weighted by Crippen LogP contribution is 2.27. The Balaban J connectivity index is 2.17. The summed E-state index contributed by atoms with van der Waals surface area (Å²) in [5, 5.41) is 1.21. The Kier molecular flexibility index (Phi) is 4.70. The minimum Gasteiger partial charge on any atom is -0.497 e. The number of methoxy groups -OCH3 is 1. The van der Waals surface area contributed by atoms with E-state index >= 15 is 0 Å². The lowest BCUT2D eigenvalue weighted by molar-refractivity contribution is 0.414. The van der Waals surface area contributed by atoms with Gasteiger partial charge in [0.25, 0.3) is 0 Å². The third kappa shape index (κ3) is 3.63. The minimum atomic E-state index is -0.170. The fourth-order valence-corrected chi connectivity index (χ4v) is 2.51. The second kappa shape index (κ2) is 6.29. The molecule has 0 bridgehead atoms. The summed E-state index contributed by atoms with van der Waals surface area (Å²) >= 11 is 12.0. The molecule has 4 heteroatoms. The van der Waals surface area contributed by atoms with Gasteiger partial charge in [-0.25, -0.2) is 0 Å². The quantitative estimate of drug-likeness (QED) is 0.915. The summed E-state index contributed by atoms with van der Waals surface area (Å²) in [5.41, 5.74) is 8.21. The molecule has 19 heavy (non-hydrogen) atoms. The predicted octanol–water partition coefficient (Wildman–Crippen LogP) is 4.24. The third-order valence-corrected chi connectivity index (χ3v) is 3.51. The van der Waals surface area contributed by atoms with E-state index in [1.807, 2.05) is 30.3 Å². The highest BCUT2D eigenvalue weighted by atomic mass is 35.5. The molecule has 0 spiro atoms. The van der Waals surface area contributed by atoms with Gasteiger partial charge in [-0.15, -0.1) is 0 Å². The van der Waals surface area contributed by atoms with Gasteiger partial charge >= 0.3 is 0 Å². The van der Waals surface area contributed by atoms with Crippen LogP contribution in [0.5, 0.6) is 5.75 Å². The van der Waals surface area contributed by atoms with Crippen molar-refractivity contribution in [3.8, 4) is 5.75 Å². The van der Waals surface area contributed by atoms with Crippen LogP contribution in [0.3, 0.4) is 0 Å². The molecule has 0 amide bonds. The molecule has 0 heterocycles. The van der Waals surface area contributed by atoms with Gasteiger partial charge in [-0.05, 0) is 41.8 Å². The third-order valence-electron chi connectivity index (χ3n) is 2.95. The molecular formula is C15H15Cl2NO. The fourth-order valence-electron chi connectivity index (χ4n) is 1.97. The maximum absolute atomic E-state index is 6.20. The summed E-state index contributed by atoms with van der Waals surface area (Å²) in [6.45, 7) is 0. The summed E-state index contributed by atoms with van der Waals surface area (Å²) in [6, 6.07) is 13.1. The molecule has 0 fully saturated rings. The number of hydrogen-bond acceptors (Lipinski definition) is 2. The molecule has 1 atom stereocenters. The van der Waals surface area contributed by atoms with Crippen LogP contribution < -0.4 is 10.5 Å². The van der Waals surface area contributed by atoms with Crippen LogP contribution in [0.2, 0.25) is 10.0 Å². The van der Waals surface area contributed by atoms with Crippen molar-refractivity contribution >= 4 is 23.2 Å². The number of ether oxygens (including phenoxy) is 1. The maximum atomic E-state index is 6.20. The van der Waals surface area contributed by atoms with Crippen LogP contribution in [0.1, 0.15) is 17.2 Å². The molecule has 0 aliphatic rings. The van der Waals surface area contributed by atoms with Crippen LogP contribution in [-0.4, -0.2) is 7.11 Å². The van der Waals surface area contributed by atoms with Crippen molar-refractivity contribution in [3.63, 3.8) is 0 Å². The highest BCUT2D eigenvalue weighted by molar-refractivity contribution is 6.35. The molecule has 1 unspecified atom stereocenters. The second-order valence-electron chi connectivity index (χ2n) is 4.33. The molecule has 100 valence electrons. The standard InChI is InChI=1S/C15H15Cl2NO/c1-19-12-4-2-3-10(7-12)8-15(18)13-6-5-11(16)9-14(13)17/h2-7,9,15H,8,18H2,1H3. The van der Waals surface area contributed by atoms with Crippen LogP contribution in [0.4, 0.5) is 0 Å². The van der Waals surface area contributed by atoms with Gasteiger partial charge in [0.05, 0.1) is 7.11 Å². The molecule has 2 nitrogen and oxygen atoms in total. The molecule has 0 saturated carbocycles. The van der Waals surface area contributed by atoms with Crippen molar-refractivity contribution in [2.24, 2.45) is 5.73 Å². The predicted molar refractivity (Wildman–Crippen MR) is 80.1 cm³/mol. The Bertz CT molecular complexity index is 572. The lowest BCUT2D eigenvalue weighted by Crippen LogP contribution is -2.13. The monoisotopic (exact) mass is 295 g/mol. The first-order chi connectivity index (χ1) is 9.10. The van der Waals surface area contributed by atoms with Crippen molar-refractivity contribution in [1.29, 1.82) is 0 Å². The first kappa shape index (κ1) is 14.2. The maximum Gasteiger partial charge on any atom is 0.119 e. The van der Waals surface area contributed by atoms with Crippen molar-refractivity contribution in [3.05, 3.63) is 63.6 Å². The number of benzene rings is 2. The van der Waals surface area contributed by atoms with Gasteiger partial charge in [-0.3, -0.25) is 0 Å². The van der Waals surface area contributed by atoms with Gasteiger partial charge in [0.15, 0.2) is 0 Å². The van der Waals surface area contributed by atoms with E-state index in [0.717, 1.165) is 16.9 Å². The first-order valence-electron chi connectivity index (χ1n) is 5.93. The Labute approximate surface area is 123 Å². The lowest BCUT2D eigenvalue weighted by Gasteiger charge is -2.14. The minimum absolute atomic E-state index is 0.170. The molecule has 2 aromatic carbocycles. The summed E-state index contributed by atoms with van der Waals surface area (Å²) in [7, 11) is 1.65. The molecule has 2 N–H and O–H groups in total. The molecule has 0 saturated heterocycles. The second-order valence-corrected chi connectivity index (χ2v) is 5.17. The molecular weight excluding hydrogens is 281 g/mol. The number of halogens is 2. The van der Waals surface area contributed by atoms with Crippen LogP contribution in [-0.2, 0) is 6.42 Å². The fraction of sp³-hybridized carbons (Fsp3) is 0.200. The Hall–Kier alpha value is -1.22. The SMILES string of the molecule is COc1cccc(CC(N)c2ccc(Cl)cc2Cl)c1. The average Bonchev–Trinajstić information content (AvgIpc) is 2.38. The Morgan fingerprint density at radius 1 is 1.16 bits per heavy atom. The van der Waals surface area contributed by atoms with E-state index in [0.29, 0.717) is 16.5 Å². The van der Waals surface area contributed by atoms with Gasteiger partial charge in [0.1, 0.15) is 5.75 Å². The van der Waals surface area contributed by atoms with E-state index in [1.54, 1.807) is 19.2 Å². The van der Waals surface area contributed by atoms with Crippen LogP contribution in [0, 0.1) is 0 Å². The van der Waals surface area contributed by atoms with Crippen molar-refractivity contribution in [2.45, 2.75) is 12.5 Å². The van der Waals surface area contributed by atoms with Gasteiger partial charge in [-0.1, -0.05) is 41.4 Å². The topological polar surface area (TPSA) is 35.2 Å². The van der Waals surface area contributed by atoms with E-state index in [-0.39, 0.29) is 6.04 Å². The van der Waals surface area contributed by atoms with Gasteiger partial charge in [0.2, 0.25) is 0 Å². The Morgan fingerprint density at radius 3 is 2.63 bits per heavy atom. The van der Waals surface area contributed by atoms with Crippen LogP contribution in [0.15, 0.2) is 42.5 Å². The van der Waals surface area contributed by atoms with E-state index in [2.05, 4.69) is 0 Å². The van der Waals surface area contributed by atoms with Gasteiger partial charge in [-0.2, -0.15) is 0 Å². The van der Waals surface area contributed by atoms with E-state index in [4.69, 9.17) is 33.7 Å². The molecule has 0 aliphatic heterocycles. The van der Waals surface area contributed by atoms with E-state index in [1.165, 1.54) is 0 Å². The normalized spacial score (nSPS) is 12.2. The zero-order valence-electron chi connectivity index (χ0n) is 10.6. The van der Waals surface area contributed by atoms with Crippen LogP contribution in [0.25, 0.3) is 0 Å². The largest absolute Gasteiger partial charge is 0.497 e. The van der Waals surface area contributed by atoms with Gasteiger partial charge in [0, 0.05) is 16.1 Å². The number of rotatable bonds is 4. The van der Waals surface area contributed by atoms with Gasteiger partial charge < -0.3 is 10.5 Å². The summed E-state index contributed by atoms with van der Waals surface area (Å²) in [4.78, 5) is 0. The van der Waals surface area contributed by atoms with E-state index < -0.39 is 0 Å².